The molecule has 0 aliphatic rings. The van der Waals surface area contributed by atoms with Gasteiger partial charge in [0, 0.05) is 16.6 Å². The Morgan fingerprint density at radius 1 is 1.47 bits per heavy atom. The Hall–Kier alpha value is -0.990. The molecule has 1 aromatic rings. The Labute approximate surface area is 108 Å². The van der Waals surface area contributed by atoms with E-state index in [1.807, 2.05) is 37.3 Å². The van der Waals surface area contributed by atoms with Gasteiger partial charge in [-0.25, -0.2) is 0 Å². The normalized spacial score (nSPS) is 12.9. The van der Waals surface area contributed by atoms with Crippen LogP contribution in [0.4, 0.5) is 0 Å². The molecular formula is C14H20ClNO. The maximum atomic E-state index is 6.19. The van der Waals surface area contributed by atoms with Crippen molar-refractivity contribution in [2.75, 3.05) is 6.61 Å². The smallest absolute Gasteiger partial charge is 0.124 e. The van der Waals surface area contributed by atoms with Gasteiger partial charge in [0.1, 0.15) is 12.4 Å². The predicted molar refractivity (Wildman–Crippen MR) is 73.7 cm³/mol. The lowest BCUT2D eigenvalue weighted by Crippen LogP contribution is -2.22. The number of benzene rings is 1. The number of rotatable bonds is 6. The van der Waals surface area contributed by atoms with E-state index in [1.165, 1.54) is 0 Å². The minimum atomic E-state index is 0.124. The lowest BCUT2D eigenvalue weighted by Gasteiger charge is -2.15. The van der Waals surface area contributed by atoms with Crippen molar-refractivity contribution in [1.29, 1.82) is 0 Å². The number of nitrogens with two attached hydrogens (primary N) is 1. The van der Waals surface area contributed by atoms with Gasteiger partial charge in [0.05, 0.1) is 0 Å². The fraction of sp³-hybridized carbons (Fsp3) is 0.429. The maximum absolute atomic E-state index is 6.19. The van der Waals surface area contributed by atoms with Gasteiger partial charge >= 0.3 is 0 Å². The number of hydrogen-bond acceptors (Lipinski definition) is 2. The van der Waals surface area contributed by atoms with E-state index < -0.39 is 0 Å². The molecule has 0 saturated heterocycles. The molecule has 0 radical (unpaired) electrons. The van der Waals surface area contributed by atoms with Crippen LogP contribution >= 0.6 is 11.6 Å². The van der Waals surface area contributed by atoms with Crippen molar-refractivity contribution in [2.24, 2.45) is 5.73 Å². The second kappa shape index (κ2) is 7.36. The van der Waals surface area contributed by atoms with Crippen molar-refractivity contribution in [3.8, 4) is 5.75 Å². The van der Waals surface area contributed by atoms with Crippen molar-refractivity contribution < 1.29 is 4.74 Å². The molecule has 0 aliphatic carbocycles. The number of allylic oxidation sites excluding steroid dienone is 1. The zero-order valence-corrected chi connectivity index (χ0v) is 11.2. The molecule has 1 atom stereocenters. The summed E-state index contributed by atoms with van der Waals surface area (Å²) in [6.07, 6.45) is 5.60. The van der Waals surface area contributed by atoms with E-state index in [0.29, 0.717) is 6.61 Å². The molecule has 1 unspecified atom stereocenters. The van der Waals surface area contributed by atoms with Crippen LogP contribution in [-0.4, -0.2) is 12.6 Å². The highest BCUT2D eigenvalue weighted by molar-refractivity contribution is 6.31. The molecule has 0 heterocycles. The molecular weight excluding hydrogens is 234 g/mol. The summed E-state index contributed by atoms with van der Waals surface area (Å²) in [4.78, 5) is 0. The van der Waals surface area contributed by atoms with E-state index in [0.717, 1.165) is 29.2 Å². The van der Waals surface area contributed by atoms with E-state index in [1.54, 1.807) is 0 Å². The first-order valence-corrected chi connectivity index (χ1v) is 6.33. The van der Waals surface area contributed by atoms with Crippen LogP contribution in [0.25, 0.3) is 0 Å². The highest BCUT2D eigenvalue weighted by Crippen LogP contribution is 2.27. The van der Waals surface area contributed by atoms with Crippen molar-refractivity contribution in [3.63, 3.8) is 0 Å². The zero-order chi connectivity index (χ0) is 12.7. The molecule has 2 nitrogen and oxygen atoms in total. The fourth-order valence-electron chi connectivity index (χ4n) is 1.51. The second-order valence-electron chi connectivity index (χ2n) is 3.97. The molecule has 2 N–H and O–H groups in total. The second-order valence-corrected chi connectivity index (χ2v) is 4.38. The van der Waals surface area contributed by atoms with Crippen LogP contribution in [0, 0.1) is 0 Å². The molecule has 3 heteroatoms. The van der Waals surface area contributed by atoms with Crippen molar-refractivity contribution >= 4 is 11.6 Å². The number of ether oxygens (including phenoxy) is 1. The standard InChI is InChI=1S/C14H20ClNO/c1-3-5-9-17-14-8-6-7-13(15)12(14)10-11(16)4-2/h3,5-8,11H,4,9-10,16H2,1-2H3/b5-3+. The van der Waals surface area contributed by atoms with Crippen LogP contribution in [0.3, 0.4) is 0 Å². The maximum Gasteiger partial charge on any atom is 0.124 e. The molecule has 0 spiro atoms. The largest absolute Gasteiger partial charge is 0.489 e. The average Bonchev–Trinajstić information content (AvgIpc) is 2.33. The van der Waals surface area contributed by atoms with Crippen LogP contribution < -0.4 is 10.5 Å². The predicted octanol–water partition coefficient (Wildman–Crippen LogP) is 3.57. The molecule has 94 valence electrons. The zero-order valence-electron chi connectivity index (χ0n) is 10.4. The summed E-state index contributed by atoms with van der Waals surface area (Å²) in [7, 11) is 0. The van der Waals surface area contributed by atoms with Crippen LogP contribution in [0.1, 0.15) is 25.8 Å². The van der Waals surface area contributed by atoms with Gasteiger partial charge in [0.2, 0.25) is 0 Å². The van der Waals surface area contributed by atoms with Crippen LogP contribution in [0.15, 0.2) is 30.4 Å². The fourth-order valence-corrected chi connectivity index (χ4v) is 1.76. The highest BCUT2D eigenvalue weighted by Gasteiger charge is 2.11. The van der Waals surface area contributed by atoms with Gasteiger partial charge in [-0.3, -0.25) is 0 Å². The van der Waals surface area contributed by atoms with Crippen LogP contribution in [-0.2, 0) is 6.42 Å². The van der Waals surface area contributed by atoms with E-state index in [4.69, 9.17) is 22.1 Å². The summed E-state index contributed by atoms with van der Waals surface area (Å²) in [5.74, 6) is 0.833. The molecule has 0 aliphatic heterocycles. The van der Waals surface area contributed by atoms with Crippen molar-refractivity contribution in [1.82, 2.24) is 0 Å². The van der Waals surface area contributed by atoms with E-state index in [9.17, 15) is 0 Å². The first-order valence-electron chi connectivity index (χ1n) is 5.96. The third kappa shape index (κ3) is 4.41. The summed E-state index contributed by atoms with van der Waals surface area (Å²) < 4.78 is 5.68. The third-order valence-corrected chi connectivity index (χ3v) is 2.99. The van der Waals surface area contributed by atoms with Crippen molar-refractivity contribution in [2.45, 2.75) is 32.7 Å². The molecule has 0 fully saturated rings. The lowest BCUT2D eigenvalue weighted by atomic mass is 10.0. The van der Waals surface area contributed by atoms with Gasteiger partial charge < -0.3 is 10.5 Å². The first-order chi connectivity index (χ1) is 8.19. The van der Waals surface area contributed by atoms with E-state index in [-0.39, 0.29) is 6.04 Å². The monoisotopic (exact) mass is 253 g/mol. The summed E-state index contributed by atoms with van der Waals surface area (Å²) in [5.41, 5.74) is 6.98. The van der Waals surface area contributed by atoms with Gasteiger partial charge in [-0.05, 0) is 31.9 Å². The van der Waals surface area contributed by atoms with Crippen LogP contribution in [0.2, 0.25) is 5.02 Å². The quantitative estimate of drug-likeness (QED) is 0.787. The minimum Gasteiger partial charge on any atom is -0.489 e. The molecule has 0 aromatic heterocycles. The average molecular weight is 254 g/mol. The molecule has 1 rings (SSSR count). The van der Waals surface area contributed by atoms with Gasteiger partial charge in [-0.15, -0.1) is 0 Å². The van der Waals surface area contributed by atoms with Gasteiger partial charge in [0.15, 0.2) is 0 Å². The topological polar surface area (TPSA) is 35.2 Å². The summed E-state index contributed by atoms with van der Waals surface area (Å²) in [6, 6.07) is 5.84. The molecule has 0 amide bonds. The first kappa shape index (κ1) is 14.1. The molecule has 0 saturated carbocycles. The summed E-state index contributed by atoms with van der Waals surface area (Å²) in [6.45, 7) is 4.60. The number of halogens is 1. The Kier molecular flexibility index (Phi) is 6.09. The van der Waals surface area contributed by atoms with Gasteiger partial charge in [-0.2, -0.15) is 0 Å². The molecule has 17 heavy (non-hydrogen) atoms. The Bertz CT molecular complexity index is 376. The van der Waals surface area contributed by atoms with Gasteiger partial charge in [0.25, 0.3) is 0 Å². The highest BCUT2D eigenvalue weighted by atomic mass is 35.5. The van der Waals surface area contributed by atoms with Gasteiger partial charge in [-0.1, -0.05) is 36.7 Å². The lowest BCUT2D eigenvalue weighted by molar-refractivity contribution is 0.357. The van der Waals surface area contributed by atoms with Crippen molar-refractivity contribution in [3.05, 3.63) is 40.9 Å². The summed E-state index contributed by atoms with van der Waals surface area (Å²) in [5, 5.41) is 0.729. The van der Waals surface area contributed by atoms with Crippen LogP contribution in [0.5, 0.6) is 5.75 Å². The Morgan fingerprint density at radius 3 is 2.88 bits per heavy atom. The summed E-state index contributed by atoms with van der Waals surface area (Å²) >= 11 is 6.19. The third-order valence-electron chi connectivity index (χ3n) is 2.64. The van der Waals surface area contributed by atoms with E-state index >= 15 is 0 Å². The minimum absolute atomic E-state index is 0.124. The SMILES string of the molecule is C/C=C/COc1cccc(Cl)c1CC(N)CC. The van der Waals surface area contributed by atoms with E-state index in [2.05, 4.69) is 6.92 Å². The Balaban J connectivity index is 2.83. The Morgan fingerprint density at radius 2 is 2.24 bits per heavy atom. The molecule has 0 bridgehead atoms. The molecule has 1 aromatic carbocycles. The number of hydrogen-bond donors (Lipinski definition) is 1.